The summed E-state index contributed by atoms with van der Waals surface area (Å²) >= 11 is 0. The van der Waals surface area contributed by atoms with Crippen LogP contribution in [0, 0.1) is 0 Å². The molecule has 0 saturated carbocycles. The van der Waals surface area contributed by atoms with Crippen molar-refractivity contribution in [2.24, 2.45) is 0 Å². The summed E-state index contributed by atoms with van der Waals surface area (Å²) in [7, 11) is 0. The minimum Gasteiger partial charge on any atom is -0.479 e. The predicted octanol–water partition coefficient (Wildman–Crippen LogP) is 2.20. The fourth-order valence-corrected chi connectivity index (χ4v) is 2.79. The van der Waals surface area contributed by atoms with Crippen molar-refractivity contribution in [2.45, 2.75) is 38.3 Å². The van der Waals surface area contributed by atoms with E-state index in [0.29, 0.717) is 12.8 Å². The van der Waals surface area contributed by atoms with Crippen LogP contribution in [0.5, 0.6) is 0 Å². The van der Waals surface area contributed by atoms with Crippen LogP contribution >= 0.6 is 0 Å². The Hall–Kier alpha value is -2.57. The van der Waals surface area contributed by atoms with Crippen LogP contribution in [0.3, 0.4) is 0 Å². The molecule has 7 nitrogen and oxygen atoms in total. The molecule has 0 aliphatic carbocycles. The predicted molar refractivity (Wildman–Crippen MR) is 84.2 cm³/mol. The number of benzene rings is 1. The van der Waals surface area contributed by atoms with E-state index < -0.39 is 23.6 Å². The Kier molecular flexibility index (Phi) is 5.78. The number of carboxylic acid groups (broad SMARTS) is 1. The molecule has 0 spiro atoms. The van der Waals surface area contributed by atoms with Gasteiger partial charge in [-0.05, 0) is 31.7 Å². The molecule has 1 aromatic carbocycles. The van der Waals surface area contributed by atoms with E-state index in [4.69, 9.17) is 9.47 Å². The van der Waals surface area contributed by atoms with Gasteiger partial charge in [-0.1, -0.05) is 30.3 Å². The average molecular weight is 335 g/mol. The average Bonchev–Trinajstić information content (AvgIpc) is 2.60. The van der Waals surface area contributed by atoms with Gasteiger partial charge in [0.25, 0.3) is 0 Å². The summed E-state index contributed by atoms with van der Waals surface area (Å²) in [4.78, 5) is 37.5. The standard InChI is InChI=1S/C17H21NO6/c1-2-23-15(21)17(14(19)20)10-6-7-11-18(17)16(22)24-12-13-8-4-3-5-9-13/h3-5,8-9H,2,6-7,10-12H2,1H3,(H,19,20)/t17-/m1/s1. The van der Waals surface area contributed by atoms with Crippen molar-refractivity contribution >= 4 is 18.0 Å². The number of carboxylic acids is 1. The molecule has 7 heteroatoms. The van der Waals surface area contributed by atoms with Crippen molar-refractivity contribution in [1.82, 2.24) is 4.90 Å². The van der Waals surface area contributed by atoms with Gasteiger partial charge in [0, 0.05) is 6.54 Å². The zero-order chi connectivity index (χ0) is 17.6. The van der Waals surface area contributed by atoms with E-state index in [2.05, 4.69) is 0 Å². The molecule has 0 radical (unpaired) electrons. The van der Waals surface area contributed by atoms with Crippen LogP contribution < -0.4 is 0 Å². The van der Waals surface area contributed by atoms with Crippen molar-refractivity contribution in [3.8, 4) is 0 Å². The number of nitrogens with zero attached hydrogens (tertiary/aromatic N) is 1. The fraction of sp³-hybridized carbons (Fsp3) is 0.471. The summed E-state index contributed by atoms with van der Waals surface area (Å²) in [6.07, 6.45) is 0.318. The lowest BCUT2D eigenvalue weighted by Gasteiger charge is -2.40. The van der Waals surface area contributed by atoms with Gasteiger partial charge in [0.05, 0.1) is 6.61 Å². The van der Waals surface area contributed by atoms with Gasteiger partial charge in [0.2, 0.25) is 5.54 Å². The summed E-state index contributed by atoms with van der Waals surface area (Å²) < 4.78 is 10.1. The molecule has 1 amide bonds. The number of amides is 1. The summed E-state index contributed by atoms with van der Waals surface area (Å²) in [6.45, 7) is 1.78. The lowest BCUT2D eigenvalue weighted by Crippen LogP contribution is -2.64. The second kappa shape index (κ2) is 7.81. The molecule has 1 saturated heterocycles. The zero-order valence-electron chi connectivity index (χ0n) is 13.6. The van der Waals surface area contributed by atoms with Crippen LogP contribution in [-0.2, 0) is 25.7 Å². The summed E-state index contributed by atoms with van der Waals surface area (Å²) in [5.41, 5.74) is -1.23. The molecule has 0 aromatic heterocycles. The molecule has 1 aromatic rings. The van der Waals surface area contributed by atoms with Crippen molar-refractivity contribution in [1.29, 1.82) is 0 Å². The highest BCUT2D eigenvalue weighted by Gasteiger charge is 2.56. The monoisotopic (exact) mass is 335 g/mol. The highest BCUT2D eigenvalue weighted by atomic mass is 16.6. The molecule has 1 N–H and O–H groups in total. The molecule has 1 aliphatic heterocycles. The number of piperidine rings is 1. The Morgan fingerprint density at radius 1 is 1.17 bits per heavy atom. The SMILES string of the molecule is CCOC(=O)[C@]1(C(=O)O)CCCCN1C(=O)OCc1ccccc1. The van der Waals surface area contributed by atoms with Gasteiger partial charge in [0.15, 0.2) is 0 Å². The third-order valence-electron chi connectivity index (χ3n) is 4.02. The lowest BCUT2D eigenvalue weighted by atomic mass is 9.87. The summed E-state index contributed by atoms with van der Waals surface area (Å²) in [5.74, 6) is -2.31. The second-order valence-electron chi connectivity index (χ2n) is 5.53. The van der Waals surface area contributed by atoms with Gasteiger partial charge in [0.1, 0.15) is 6.61 Å². The van der Waals surface area contributed by atoms with Crippen molar-refractivity contribution < 1.29 is 29.0 Å². The molecular weight excluding hydrogens is 314 g/mol. The van der Waals surface area contributed by atoms with Crippen molar-refractivity contribution in [3.05, 3.63) is 35.9 Å². The fourth-order valence-electron chi connectivity index (χ4n) is 2.79. The largest absolute Gasteiger partial charge is 0.479 e. The molecule has 1 fully saturated rings. The van der Waals surface area contributed by atoms with Crippen LogP contribution in [0.25, 0.3) is 0 Å². The normalized spacial score (nSPS) is 20.3. The van der Waals surface area contributed by atoms with Gasteiger partial charge in [-0.25, -0.2) is 14.4 Å². The van der Waals surface area contributed by atoms with Gasteiger partial charge in [-0.3, -0.25) is 4.90 Å². The molecule has 2 rings (SSSR count). The third-order valence-corrected chi connectivity index (χ3v) is 4.02. The Labute approximate surface area is 140 Å². The van der Waals surface area contributed by atoms with Gasteiger partial charge >= 0.3 is 18.0 Å². The number of rotatable bonds is 5. The summed E-state index contributed by atoms with van der Waals surface area (Å²) in [6, 6.07) is 9.04. The molecule has 24 heavy (non-hydrogen) atoms. The first-order chi connectivity index (χ1) is 11.5. The van der Waals surface area contributed by atoms with E-state index in [9.17, 15) is 19.5 Å². The summed E-state index contributed by atoms with van der Waals surface area (Å²) in [5, 5.41) is 9.64. The maximum Gasteiger partial charge on any atom is 0.411 e. The van der Waals surface area contributed by atoms with E-state index in [-0.39, 0.29) is 26.2 Å². The van der Waals surface area contributed by atoms with E-state index in [1.54, 1.807) is 19.1 Å². The minimum atomic E-state index is -2.01. The van der Waals surface area contributed by atoms with E-state index >= 15 is 0 Å². The lowest BCUT2D eigenvalue weighted by molar-refractivity contribution is -0.173. The smallest absolute Gasteiger partial charge is 0.411 e. The maximum absolute atomic E-state index is 12.4. The number of hydrogen-bond acceptors (Lipinski definition) is 5. The number of esters is 1. The first kappa shape index (κ1) is 17.8. The number of ether oxygens (including phenoxy) is 2. The molecule has 0 unspecified atom stereocenters. The topological polar surface area (TPSA) is 93.1 Å². The first-order valence-electron chi connectivity index (χ1n) is 7.91. The maximum atomic E-state index is 12.4. The first-order valence-corrected chi connectivity index (χ1v) is 7.91. The zero-order valence-corrected chi connectivity index (χ0v) is 13.6. The molecule has 1 aliphatic rings. The molecule has 0 bridgehead atoms. The third kappa shape index (κ3) is 3.50. The molecular formula is C17H21NO6. The number of carbonyl (C=O) groups excluding carboxylic acids is 2. The Bertz CT molecular complexity index is 602. The van der Waals surface area contributed by atoms with Crippen LogP contribution in [0.2, 0.25) is 0 Å². The van der Waals surface area contributed by atoms with Crippen molar-refractivity contribution in [2.75, 3.05) is 13.2 Å². The van der Waals surface area contributed by atoms with Gasteiger partial charge < -0.3 is 14.6 Å². The van der Waals surface area contributed by atoms with Crippen LogP contribution in [0.1, 0.15) is 31.7 Å². The quantitative estimate of drug-likeness (QED) is 0.655. The number of likely N-dealkylation sites (tertiary alicyclic amines) is 1. The Morgan fingerprint density at radius 3 is 2.50 bits per heavy atom. The molecule has 1 atom stereocenters. The van der Waals surface area contributed by atoms with E-state index in [1.165, 1.54) is 0 Å². The Balaban J connectivity index is 2.18. The molecule has 1 heterocycles. The number of hydrogen-bond donors (Lipinski definition) is 1. The van der Waals surface area contributed by atoms with Crippen LogP contribution in [0.4, 0.5) is 4.79 Å². The van der Waals surface area contributed by atoms with Crippen LogP contribution in [0.15, 0.2) is 30.3 Å². The molecule has 130 valence electrons. The van der Waals surface area contributed by atoms with E-state index in [1.807, 2.05) is 18.2 Å². The second-order valence-corrected chi connectivity index (χ2v) is 5.53. The number of carbonyl (C=O) groups is 3. The number of aliphatic carboxylic acids is 1. The Morgan fingerprint density at radius 2 is 1.88 bits per heavy atom. The highest BCUT2D eigenvalue weighted by molar-refractivity contribution is 6.06. The minimum absolute atomic E-state index is 0.00863. The van der Waals surface area contributed by atoms with Crippen LogP contribution in [-0.4, -0.2) is 46.7 Å². The van der Waals surface area contributed by atoms with Crippen molar-refractivity contribution in [3.63, 3.8) is 0 Å². The van der Waals surface area contributed by atoms with Gasteiger partial charge in [-0.15, -0.1) is 0 Å². The van der Waals surface area contributed by atoms with E-state index in [0.717, 1.165) is 10.5 Å². The van der Waals surface area contributed by atoms with Gasteiger partial charge in [-0.2, -0.15) is 0 Å². The highest BCUT2D eigenvalue weighted by Crippen LogP contribution is 2.31.